The van der Waals surface area contributed by atoms with Crippen molar-refractivity contribution in [2.24, 2.45) is 5.92 Å². The van der Waals surface area contributed by atoms with Crippen molar-refractivity contribution in [1.29, 1.82) is 0 Å². The molecule has 1 unspecified atom stereocenters. The van der Waals surface area contributed by atoms with Crippen LogP contribution in [0.5, 0.6) is 0 Å². The van der Waals surface area contributed by atoms with E-state index in [9.17, 15) is 14.4 Å². The molecule has 1 aromatic rings. The Kier molecular flexibility index (Phi) is 5.46. The van der Waals surface area contributed by atoms with E-state index in [1.165, 1.54) is 6.92 Å². The molecule has 0 heterocycles. The number of hydrogen-bond donors (Lipinski definition) is 0. The van der Waals surface area contributed by atoms with E-state index in [1.54, 1.807) is 31.2 Å². The molecule has 18 heavy (non-hydrogen) atoms. The minimum Gasteiger partial charge on any atom is -0.465 e. The number of hydrogen-bond acceptors (Lipinski definition) is 4. The average Bonchev–Trinajstić information content (AvgIpc) is 2.29. The topological polar surface area (TPSA) is 60.4 Å². The Morgan fingerprint density at radius 2 is 1.78 bits per heavy atom. The Hall–Kier alpha value is -1.24. The molecule has 5 heteroatoms. The van der Waals surface area contributed by atoms with Gasteiger partial charge in [-0.05, 0) is 48.6 Å². The molecule has 96 valence electrons. The molecule has 1 aromatic carbocycles. The van der Waals surface area contributed by atoms with E-state index < -0.39 is 23.5 Å². The minimum atomic E-state index is -1.36. The summed E-state index contributed by atoms with van der Waals surface area (Å²) in [5, 5.41) is 0. The van der Waals surface area contributed by atoms with Crippen LogP contribution in [-0.2, 0) is 14.3 Å². The number of carbonyl (C=O) groups excluding carboxylic acids is 3. The molecule has 0 fully saturated rings. The number of ether oxygens (including phenoxy) is 1. The lowest BCUT2D eigenvalue weighted by Crippen LogP contribution is -2.32. The third-order valence-corrected chi connectivity index (χ3v) is 3.04. The summed E-state index contributed by atoms with van der Waals surface area (Å²) in [7, 11) is 0. The van der Waals surface area contributed by atoms with Gasteiger partial charge >= 0.3 is 5.97 Å². The van der Waals surface area contributed by atoms with E-state index in [-0.39, 0.29) is 6.61 Å². The third-order valence-electron chi connectivity index (χ3n) is 2.32. The molecule has 4 nitrogen and oxygen atoms in total. The fourth-order valence-electron chi connectivity index (χ4n) is 1.46. The Bertz CT molecular complexity index is 464. The first kappa shape index (κ1) is 14.8. The Morgan fingerprint density at radius 1 is 1.22 bits per heavy atom. The van der Waals surface area contributed by atoms with Crippen LogP contribution in [0.25, 0.3) is 0 Å². The van der Waals surface area contributed by atoms with E-state index in [0.717, 1.165) is 3.57 Å². The van der Waals surface area contributed by atoms with Crippen LogP contribution in [0.15, 0.2) is 24.3 Å². The quantitative estimate of drug-likeness (QED) is 0.350. The molecule has 0 aromatic heterocycles. The Balaban J connectivity index is 3.00. The normalized spacial score (nSPS) is 11.7. The summed E-state index contributed by atoms with van der Waals surface area (Å²) in [6, 6.07) is 6.69. The van der Waals surface area contributed by atoms with Crippen LogP contribution in [-0.4, -0.2) is 24.1 Å². The van der Waals surface area contributed by atoms with Gasteiger partial charge in [0.1, 0.15) is 0 Å². The maximum Gasteiger partial charge on any atom is 0.324 e. The maximum absolute atomic E-state index is 12.1. The van der Waals surface area contributed by atoms with Crippen molar-refractivity contribution in [2.45, 2.75) is 13.8 Å². The van der Waals surface area contributed by atoms with E-state index in [0.29, 0.717) is 5.56 Å². The van der Waals surface area contributed by atoms with Gasteiger partial charge in [-0.2, -0.15) is 0 Å². The molecule has 0 bridgehead atoms. The standard InChI is InChI=1S/C13H13IO4/c1-3-18-13(17)11(8(2)15)12(16)9-4-6-10(14)7-5-9/h4-7,11H,3H2,1-2H3. The molecule has 0 aliphatic heterocycles. The smallest absolute Gasteiger partial charge is 0.324 e. The van der Waals surface area contributed by atoms with Gasteiger partial charge in [0.25, 0.3) is 0 Å². The Morgan fingerprint density at radius 3 is 2.22 bits per heavy atom. The molecule has 0 N–H and O–H groups in total. The summed E-state index contributed by atoms with van der Waals surface area (Å²) in [5.41, 5.74) is 0.337. The van der Waals surface area contributed by atoms with Crippen molar-refractivity contribution in [3.63, 3.8) is 0 Å². The van der Waals surface area contributed by atoms with Crippen LogP contribution in [0.1, 0.15) is 24.2 Å². The van der Waals surface area contributed by atoms with Gasteiger partial charge < -0.3 is 4.74 Å². The molecular weight excluding hydrogens is 347 g/mol. The second kappa shape index (κ2) is 6.63. The lowest BCUT2D eigenvalue weighted by molar-refractivity contribution is -0.148. The molecule has 0 saturated heterocycles. The van der Waals surface area contributed by atoms with Crippen molar-refractivity contribution in [2.75, 3.05) is 6.61 Å². The fraction of sp³-hybridized carbons (Fsp3) is 0.308. The molecule has 1 rings (SSSR count). The predicted octanol–water partition coefficient (Wildman–Crippen LogP) is 2.24. The first-order valence-corrected chi connectivity index (χ1v) is 6.52. The predicted molar refractivity (Wildman–Crippen MR) is 74.3 cm³/mol. The van der Waals surface area contributed by atoms with Crippen LogP contribution in [0, 0.1) is 9.49 Å². The summed E-state index contributed by atoms with van der Waals surface area (Å²) in [6.07, 6.45) is 0. The summed E-state index contributed by atoms with van der Waals surface area (Å²) in [5.74, 6) is -3.16. The summed E-state index contributed by atoms with van der Waals surface area (Å²) in [4.78, 5) is 35.1. The van der Waals surface area contributed by atoms with Gasteiger partial charge in [-0.25, -0.2) is 0 Å². The molecule has 0 amide bonds. The van der Waals surface area contributed by atoms with Crippen LogP contribution in [0.3, 0.4) is 0 Å². The Labute approximate surface area is 119 Å². The zero-order valence-corrected chi connectivity index (χ0v) is 12.3. The van der Waals surface area contributed by atoms with Gasteiger partial charge in [-0.3, -0.25) is 14.4 Å². The van der Waals surface area contributed by atoms with E-state index in [4.69, 9.17) is 4.74 Å². The number of rotatable bonds is 5. The van der Waals surface area contributed by atoms with Crippen molar-refractivity contribution >= 4 is 40.1 Å². The molecule has 0 aliphatic carbocycles. The average molecular weight is 360 g/mol. The van der Waals surface area contributed by atoms with E-state index in [1.807, 2.05) is 0 Å². The highest BCUT2D eigenvalue weighted by Crippen LogP contribution is 2.14. The van der Waals surface area contributed by atoms with Crippen molar-refractivity contribution < 1.29 is 19.1 Å². The maximum atomic E-state index is 12.1. The van der Waals surface area contributed by atoms with E-state index >= 15 is 0 Å². The minimum absolute atomic E-state index is 0.141. The summed E-state index contributed by atoms with van der Waals surface area (Å²) < 4.78 is 5.72. The molecular formula is C13H13IO4. The van der Waals surface area contributed by atoms with Gasteiger partial charge in [0.15, 0.2) is 17.5 Å². The third kappa shape index (κ3) is 3.63. The number of carbonyl (C=O) groups is 3. The number of Topliss-reactive ketones (excluding diaryl/α,β-unsaturated/α-hetero) is 2. The van der Waals surface area contributed by atoms with Crippen LogP contribution in [0.2, 0.25) is 0 Å². The zero-order valence-electron chi connectivity index (χ0n) is 10.1. The monoisotopic (exact) mass is 360 g/mol. The van der Waals surface area contributed by atoms with Gasteiger partial charge in [0, 0.05) is 9.13 Å². The highest BCUT2D eigenvalue weighted by Gasteiger charge is 2.33. The highest BCUT2D eigenvalue weighted by molar-refractivity contribution is 14.1. The SMILES string of the molecule is CCOC(=O)C(C(C)=O)C(=O)c1ccc(I)cc1. The molecule has 0 aliphatic rings. The second-order valence-corrected chi connectivity index (χ2v) is 4.91. The molecule has 0 radical (unpaired) electrons. The van der Waals surface area contributed by atoms with Gasteiger partial charge in [0.2, 0.25) is 0 Å². The van der Waals surface area contributed by atoms with Gasteiger partial charge in [-0.15, -0.1) is 0 Å². The molecule has 0 spiro atoms. The highest BCUT2D eigenvalue weighted by atomic mass is 127. The fourth-order valence-corrected chi connectivity index (χ4v) is 1.82. The largest absolute Gasteiger partial charge is 0.465 e. The number of esters is 1. The zero-order chi connectivity index (χ0) is 13.7. The van der Waals surface area contributed by atoms with Crippen molar-refractivity contribution in [3.05, 3.63) is 33.4 Å². The van der Waals surface area contributed by atoms with Crippen LogP contribution < -0.4 is 0 Å². The first-order chi connectivity index (χ1) is 8.47. The molecule has 0 saturated carbocycles. The van der Waals surface area contributed by atoms with Crippen LogP contribution >= 0.6 is 22.6 Å². The van der Waals surface area contributed by atoms with Crippen molar-refractivity contribution in [3.8, 4) is 0 Å². The van der Waals surface area contributed by atoms with E-state index in [2.05, 4.69) is 22.6 Å². The van der Waals surface area contributed by atoms with Crippen LogP contribution in [0.4, 0.5) is 0 Å². The lowest BCUT2D eigenvalue weighted by Gasteiger charge is -2.11. The number of halogens is 1. The first-order valence-electron chi connectivity index (χ1n) is 5.44. The van der Waals surface area contributed by atoms with Crippen molar-refractivity contribution in [1.82, 2.24) is 0 Å². The number of ketones is 2. The summed E-state index contributed by atoms with van der Waals surface area (Å²) in [6.45, 7) is 2.99. The molecule has 1 atom stereocenters. The number of benzene rings is 1. The van der Waals surface area contributed by atoms with Gasteiger partial charge in [0.05, 0.1) is 6.61 Å². The second-order valence-electron chi connectivity index (χ2n) is 3.67. The van der Waals surface area contributed by atoms with Gasteiger partial charge in [-0.1, -0.05) is 12.1 Å². The summed E-state index contributed by atoms with van der Waals surface area (Å²) >= 11 is 2.11. The lowest BCUT2D eigenvalue weighted by atomic mass is 9.94.